The molecule has 0 spiro atoms. The van der Waals surface area contributed by atoms with Crippen LogP contribution in [0.3, 0.4) is 0 Å². The van der Waals surface area contributed by atoms with Crippen LogP contribution in [0.2, 0.25) is 0 Å². The lowest BCUT2D eigenvalue weighted by Crippen LogP contribution is -2.46. The number of rotatable bonds is 1. The van der Waals surface area contributed by atoms with Gasteiger partial charge in [0.2, 0.25) is 0 Å². The minimum Gasteiger partial charge on any atom is -0.380 e. The SMILES string of the molecule is OC1(c2cc(Br)nc(Br)c2)COC1. The van der Waals surface area contributed by atoms with Gasteiger partial charge in [0.25, 0.3) is 0 Å². The van der Waals surface area contributed by atoms with Crippen LogP contribution in [0.5, 0.6) is 0 Å². The number of aromatic nitrogens is 1. The van der Waals surface area contributed by atoms with E-state index in [-0.39, 0.29) is 0 Å². The van der Waals surface area contributed by atoms with Gasteiger partial charge < -0.3 is 9.84 Å². The summed E-state index contributed by atoms with van der Waals surface area (Å²) in [6.07, 6.45) is 0. The molecule has 2 rings (SSSR count). The lowest BCUT2D eigenvalue weighted by Gasteiger charge is -2.36. The van der Waals surface area contributed by atoms with Gasteiger partial charge in [0.1, 0.15) is 14.8 Å². The van der Waals surface area contributed by atoms with Crippen molar-refractivity contribution in [2.45, 2.75) is 5.60 Å². The highest BCUT2D eigenvalue weighted by Gasteiger charge is 2.38. The summed E-state index contributed by atoms with van der Waals surface area (Å²) in [6, 6.07) is 3.60. The molecule has 0 bridgehead atoms. The van der Waals surface area contributed by atoms with Crippen molar-refractivity contribution in [2.75, 3.05) is 13.2 Å². The predicted octanol–water partition coefficient (Wildman–Crippen LogP) is 1.82. The van der Waals surface area contributed by atoms with E-state index in [2.05, 4.69) is 36.8 Å². The van der Waals surface area contributed by atoms with Crippen LogP contribution in [-0.2, 0) is 10.3 Å². The molecule has 1 aliphatic heterocycles. The van der Waals surface area contributed by atoms with Crippen molar-refractivity contribution in [3.8, 4) is 0 Å². The second-order valence-electron chi connectivity index (χ2n) is 3.03. The van der Waals surface area contributed by atoms with Crippen molar-refractivity contribution in [1.82, 2.24) is 4.98 Å². The van der Waals surface area contributed by atoms with Crippen molar-refractivity contribution in [3.05, 3.63) is 26.9 Å². The Hall–Kier alpha value is 0.0300. The van der Waals surface area contributed by atoms with Crippen LogP contribution in [0, 0.1) is 0 Å². The van der Waals surface area contributed by atoms with Crippen molar-refractivity contribution in [3.63, 3.8) is 0 Å². The first-order chi connectivity index (χ1) is 6.10. The Labute approximate surface area is 92.4 Å². The first-order valence-corrected chi connectivity index (χ1v) is 5.32. The average Bonchev–Trinajstić information content (AvgIpc) is 1.98. The molecular formula is C8H7Br2NO2. The van der Waals surface area contributed by atoms with Crippen LogP contribution < -0.4 is 0 Å². The molecule has 13 heavy (non-hydrogen) atoms. The number of nitrogens with zero attached hydrogens (tertiary/aromatic N) is 1. The van der Waals surface area contributed by atoms with E-state index >= 15 is 0 Å². The van der Waals surface area contributed by atoms with Gasteiger partial charge >= 0.3 is 0 Å². The zero-order valence-electron chi connectivity index (χ0n) is 6.63. The van der Waals surface area contributed by atoms with E-state index in [9.17, 15) is 5.11 Å². The number of pyridine rings is 1. The highest BCUT2D eigenvalue weighted by Crippen LogP contribution is 2.31. The van der Waals surface area contributed by atoms with Crippen LogP contribution in [0.15, 0.2) is 21.3 Å². The van der Waals surface area contributed by atoms with E-state index in [0.29, 0.717) is 22.4 Å². The molecule has 1 N–H and O–H groups in total. The Morgan fingerprint density at radius 1 is 1.31 bits per heavy atom. The zero-order chi connectivity index (χ0) is 9.47. The van der Waals surface area contributed by atoms with Crippen molar-refractivity contribution in [2.24, 2.45) is 0 Å². The van der Waals surface area contributed by atoms with Gasteiger partial charge in [0.15, 0.2) is 0 Å². The molecule has 1 aromatic heterocycles. The molecule has 0 aliphatic carbocycles. The second-order valence-corrected chi connectivity index (χ2v) is 4.65. The van der Waals surface area contributed by atoms with Crippen LogP contribution in [0.4, 0.5) is 0 Å². The summed E-state index contributed by atoms with van der Waals surface area (Å²) in [5.74, 6) is 0. The minimum absolute atomic E-state index is 0.357. The molecule has 1 aliphatic rings. The van der Waals surface area contributed by atoms with Crippen LogP contribution in [0.25, 0.3) is 0 Å². The quantitative estimate of drug-likeness (QED) is 0.805. The van der Waals surface area contributed by atoms with Gasteiger partial charge in [-0.15, -0.1) is 0 Å². The Bertz CT molecular complexity index is 319. The maximum absolute atomic E-state index is 9.94. The van der Waals surface area contributed by atoms with E-state index in [1.54, 1.807) is 12.1 Å². The molecule has 0 atom stereocenters. The minimum atomic E-state index is -0.825. The Morgan fingerprint density at radius 3 is 2.23 bits per heavy atom. The van der Waals surface area contributed by atoms with Gasteiger partial charge in [0, 0.05) is 0 Å². The Balaban J connectivity index is 2.39. The summed E-state index contributed by atoms with van der Waals surface area (Å²) in [5.41, 5.74) is 0.000972. The van der Waals surface area contributed by atoms with Gasteiger partial charge in [-0.1, -0.05) is 0 Å². The predicted molar refractivity (Wildman–Crippen MR) is 54.4 cm³/mol. The molecule has 70 valence electrons. The van der Waals surface area contributed by atoms with Crippen LogP contribution in [0.1, 0.15) is 5.56 Å². The van der Waals surface area contributed by atoms with Crippen LogP contribution >= 0.6 is 31.9 Å². The van der Waals surface area contributed by atoms with Gasteiger partial charge in [-0.3, -0.25) is 0 Å². The molecule has 0 saturated carbocycles. The van der Waals surface area contributed by atoms with Gasteiger partial charge in [-0.25, -0.2) is 4.98 Å². The normalized spacial score (nSPS) is 19.6. The maximum Gasteiger partial charge on any atom is 0.136 e. The molecular weight excluding hydrogens is 302 g/mol. The van der Waals surface area contributed by atoms with E-state index in [1.165, 1.54) is 0 Å². The first-order valence-electron chi connectivity index (χ1n) is 3.74. The van der Waals surface area contributed by atoms with Crippen molar-refractivity contribution >= 4 is 31.9 Å². The summed E-state index contributed by atoms with van der Waals surface area (Å²) in [5, 5.41) is 9.94. The maximum atomic E-state index is 9.94. The third-order valence-corrected chi connectivity index (χ3v) is 2.79. The molecule has 2 heterocycles. The lowest BCUT2D eigenvalue weighted by atomic mass is 9.93. The third-order valence-electron chi connectivity index (χ3n) is 1.98. The van der Waals surface area contributed by atoms with E-state index in [1.807, 2.05) is 0 Å². The van der Waals surface area contributed by atoms with E-state index < -0.39 is 5.60 Å². The number of halogens is 2. The number of hydrogen-bond donors (Lipinski definition) is 1. The average molecular weight is 309 g/mol. The molecule has 0 aromatic carbocycles. The fourth-order valence-corrected chi connectivity index (χ4v) is 2.31. The summed E-state index contributed by atoms with van der Waals surface area (Å²) in [7, 11) is 0. The molecule has 1 aromatic rings. The monoisotopic (exact) mass is 307 g/mol. The summed E-state index contributed by atoms with van der Waals surface area (Å²) < 4.78 is 6.38. The zero-order valence-corrected chi connectivity index (χ0v) is 9.80. The molecule has 0 unspecified atom stereocenters. The number of aliphatic hydroxyl groups is 1. The Kier molecular flexibility index (Phi) is 2.44. The van der Waals surface area contributed by atoms with Gasteiger partial charge in [-0.05, 0) is 49.6 Å². The van der Waals surface area contributed by atoms with Crippen molar-refractivity contribution in [1.29, 1.82) is 0 Å². The molecule has 1 fully saturated rings. The first kappa shape index (κ1) is 9.58. The van der Waals surface area contributed by atoms with E-state index in [4.69, 9.17) is 4.74 Å². The summed E-state index contributed by atoms with van der Waals surface area (Å²) in [6.45, 7) is 0.714. The van der Waals surface area contributed by atoms with Gasteiger partial charge in [0.05, 0.1) is 13.2 Å². The van der Waals surface area contributed by atoms with E-state index in [0.717, 1.165) is 5.56 Å². The number of ether oxygens (including phenoxy) is 1. The van der Waals surface area contributed by atoms with Gasteiger partial charge in [-0.2, -0.15) is 0 Å². The molecule has 1 saturated heterocycles. The summed E-state index contributed by atoms with van der Waals surface area (Å²) in [4.78, 5) is 4.09. The lowest BCUT2D eigenvalue weighted by molar-refractivity contribution is -0.184. The fraction of sp³-hybridized carbons (Fsp3) is 0.375. The smallest absolute Gasteiger partial charge is 0.136 e. The van der Waals surface area contributed by atoms with Crippen LogP contribution in [-0.4, -0.2) is 23.3 Å². The number of hydrogen-bond acceptors (Lipinski definition) is 3. The molecule has 0 amide bonds. The molecule has 0 radical (unpaired) electrons. The third kappa shape index (κ3) is 1.79. The topological polar surface area (TPSA) is 42.4 Å². The largest absolute Gasteiger partial charge is 0.380 e. The molecule has 5 heteroatoms. The molecule has 3 nitrogen and oxygen atoms in total. The fourth-order valence-electron chi connectivity index (χ4n) is 1.20. The summed E-state index contributed by atoms with van der Waals surface area (Å²) >= 11 is 6.53. The highest BCUT2D eigenvalue weighted by molar-refractivity contribution is 9.11. The highest BCUT2D eigenvalue weighted by atomic mass is 79.9. The van der Waals surface area contributed by atoms with Crippen molar-refractivity contribution < 1.29 is 9.84 Å². The Morgan fingerprint density at radius 2 is 1.85 bits per heavy atom. The second kappa shape index (κ2) is 3.31. The standard InChI is InChI=1S/C8H7Br2NO2/c9-6-1-5(2-7(10)11-6)8(12)3-13-4-8/h1-2,12H,3-4H2.